The molecule has 0 spiro atoms. The lowest BCUT2D eigenvalue weighted by Crippen LogP contribution is -2.43. The number of benzene rings is 1. The first-order chi connectivity index (χ1) is 7.39. The minimum absolute atomic E-state index is 0.211. The lowest BCUT2D eigenvalue weighted by molar-refractivity contribution is 0.0225. The second-order valence-electron chi connectivity index (χ2n) is 4.96. The predicted molar refractivity (Wildman–Crippen MR) is 60.5 cm³/mol. The smallest absolute Gasteiger partial charge is 0.249 e. The second-order valence-corrected chi connectivity index (χ2v) is 4.96. The van der Waals surface area contributed by atoms with Crippen LogP contribution >= 0.6 is 0 Å². The van der Waals surface area contributed by atoms with Crippen molar-refractivity contribution in [2.24, 2.45) is 5.73 Å². The Morgan fingerprint density at radius 3 is 2.56 bits per heavy atom. The minimum Gasteiger partial charge on any atom is -0.321 e. The van der Waals surface area contributed by atoms with Gasteiger partial charge >= 0.3 is 0 Å². The van der Waals surface area contributed by atoms with E-state index in [1.165, 1.54) is 0 Å². The van der Waals surface area contributed by atoms with Gasteiger partial charge in [-0.05, 0) is 37.3 Å². The predicted octanol–water partition coefficient (Wildman–Crippen LogP) is 3.22. The van der Waals surface area contributed by atoms with Crippen LogP contribution in [0.1, 0.15) is 37.3 Å². The van der Waals surface area contributed by atoms with Crippen LogP contribution in [0, 0.1) is 0 Å². The first-order valence-electron chi connectivity index (χ1n) is 5.65. The van der Waals surface area contributed by atoms with Crippen molar-refractivity contribution < 1.29 is 8.78 Å². The summed E-state index contributed by atoms with van der Waals surface area (Å²) in [6.07, 6.45) is 2.83. The summed E-state index contributed by atoms with van der Waals surface area (Å²) in [5.41, 5.74) is 7.57. The van der Waals surface area contributed by atoms with Crippen LogP contribution in [0.3, 0.4) is 0 Å². The zero-order chi connectivity index (χ0) is 11.8. The zero-order valence-corrected chi connectivity index (χ0v) is 9.47. The van der Waals surface area contributed by atoms with Crippen molar-refractivity contribution >= 4 is 0 Å². The average Bonchev–Trinajstić information content (AvgIpc) is 2.12. The average molecular weight is 225 g/mol. The molecule has 2 N–H and O–H groups in total. The third kappa shape index (κ3) is 2.40. The van der Waals surface area contributed by atoms with Gasteiger partial charge in [0.2, 0.25) is 5.92 Å². The van der Waals surface area contributed by atoms with Gasteiger partial charge in [0.05, 0.1) is 0 Å². The molecule has 0 unspecified atom stereocenters. The molecule has 0 amide bonds. The van der Waals surface area contributed by atoms with E-state index in [2.05, 4.69) is 0 Å². The molecule has 0 heterocycles. The maximum absolute atomic E-state index is 12.9. The van der Waals surface area contributed by atoms with Gasteiger partial charge in [-0.1, -0.05) is 24.3 Å². The third-order valence-corrected chi connectivity index (χ3v) is 3.26. The van der Waals surface area contributed by atoms with E-state index in [4.69, 9.17) is 5.73 Å². The highest BCUT2D eigenvalue weighted by Gasteiger charge is 2.34. The summed E-state index contributed by atoms with van der Waals surface area (Å²) in [4.78, 5) is 0. The highest BCUT2D eigenvalue weighted by molar-refractivity contribution is 5.31. The molecule has 1 nitrogen and oxygen atoms in total. The molecule has 88 valence electrons. The van der Waals surface area contributed by atoms with Crippen molar-refractivity contribution in [2.75, 3.05) is 0 Å². The van der Waals surface area contributed by atoms with Gasteiger partial charge in [0.1, 0.15) is 0 Å². The lowest BCUT2D eigenvalue weighted by atomic mass is 9.72. The molecule has 1 aliphatic rings. The summed E-state index contributed by atoms with van der Waals surface area (Å²) in [6.45, 7) is 0.946. The number of rotatable bonds is 3. The van der Waals surface area contributed by atoms with Crippen LogP contribution in [0.5, 0.6) is 0 Å². The van der Waals surface area contributed by atoms with Crippen molar-refractivity contribution in [3.05, 3.63) is 35.4 Å². The molecule has 2 rings (SSSR count). The molecular weight excluding hydrogens is 208 g/mol. The molecule has 1 aliphatic carbocycles. The van der Waals surface area contributed by atoms with Crippen molar-refractivity contribution in [3.63, 3.8) is 0 Å². The Hall–Kier alpha value is -0.960. The topological polar surface area (TPSA) is 26.0 Å². The standard InChI is InChI=1S/C13H17F2N/c1-12(14,15)9-10-4-2-5-11(8-10)13(16)6-3-7-13/h2,4-5,8H,3,6-7,9,16H2,1H3. The first-order valence-corrected chi connectivity index (χ1v) is 5.65. The quantitative estimate of drug-likeness (QED) is 0.839. The molecule has 0 saturated heterocycles. The molecule has 0 aromatic heterocycles. The molecule has 0 atom stereocenters. The van der Waals surface area contributed by atoms with E-state index in [1.54, 1.807) is 6.07 Å². The Balaban J connectivity index is 2.20. The van der Waals surface area contributed by atoms with Crippen LogP contribution in [0.2, 0.25) is 0 Å². The summed E-state index contributed by atoms with van der Waals surface area (Å²) >= 11 is 0. The van der Waals surface area contributed by atoms with E-state index >= 15 is 0 Å². The van der Waals surface area contributed by atoms with Gasteiger partial charge in [0, 0.05) is 12.0 Å². The Kier molecular flexibility index (Phi) is 2.74. The molecule has 1 fully saturated rings. The molecule has 0 radical (unpaired) electrons. The van der Waals surface area contributed by atoms with Crippen LogP contribution in [-0.4, -0.2) is 5.92 Å². The van der Waals surface area contributed by atoms with Gasteiger partial charge in [0.25, 0.3) is 0 Å². The van der Waals surface area contributed by atoms with Crippen LogP contribution in [-0.2, 0) is 12.0 Å². The van der Waals surface area contributed by atoms with Gasteiger partial charge in [-0.25, -0.2) is 8.78 Å². The first kappa shape index (κ1) is 11.5. The molecule has 3 heteroatoms. The fourth-order valence-electron chi connectivity index (χ4n) is 2.20. The fourth-order valence-corrected chi connectivity index (χ4v) is 2.20. The van der Waals surface area contributed by atoms with Crippen molar-refractivity contribution in [1.29, 1.82) is 0 Å². The maximum Gasteiger partial charge on any atom is 0.249 e. The van der Waals surface area contributed by atoms with Crippen molar-refractivity contribution in [1.82, 2.24) is 0 Å². The summed E-state index contributed by atoms with van der Waals surface area (Å²) in [5, 5.41) is 0. The maximum atomic E-state index is 12.9. The largest absolute Gasteiger partial charge is 0.321 e. The molecule has 1 aromatic carbocycles. The van der Waals surface area contributed by atoms with Crippen LogP contribution < -0.4 is 5.73 Å². The van der Waals surface area contributed by atoms with E-state index in [0.29, 0.717) is 5.56 Å². The number of halogens is 2. The van der Waals surface area contributed by atoms with Gasteiger partial charge in [-0.15, -0.1) is 0 Å². The van der Waals surface area contributed by atoms with E-state index in [0.717, 1.165) is 31.7 Å². The van der Waals surface area contributed by atoms with Gasteiger partial charge in [-0.2, -0.15) is 0 Å². The second kappa shape index (κ2) is 3.81. The van der Waals surface area contributed by atoms with E-state index in [1.807, 2.05) is 18.2 Å². The number of alkyl halides is 2. The molecule has 0 aliphatic heterocycles. The normalized spacial score (nSPS) is 19.2. The Morgan fingerprint density at radius 1 is 1.38 bits per heavy atom. The van der Waals surface area contributed by atoms with Crippen molar-refractivity contribution in [3.8, 4) is 0 Å². The highest BCUT2D eigenvalue weighted by atomic mass is 19.3. The Labute approximate surface area is 94.7 Å². The third-order valence-electron chi connectivity index (χ3n) is 3.26. The molecule has 16 heavy (non-hydrogen) atoms. The van der Waals surface area contributed by atoms with Gasteiger partial charge < -0.3 is 5.73 Å². The van der Waals surface area contributed by atoms with Crippen molar-refractivity contribution in [2.45, 2.75) is 44.1 Å². The zero-order valence-electron chi connectivity index (χ0n) is 9.47. The summed E-state index contributed by atoms with van der Waals surface area (Å²) < 4.78 is 25.8. The summed E-state index contributed by atoms with van der Waals surface area (Å²) in [7, 11) is 0. The van der Waals surface area contributed by atoms with E-state index in [9.17, 15) is 8.78 Å². The number of hydrogen-bond donors (Lipinski definition) is 1. The molecule has 1 saturated carbocycles. The fraction of sp³-hybridized carbons (Fsp3) is 0.538. The number of hydrogen-bond acceptors (Lipinski definition) is 1. The lowest BCUT2D eigenvalue weighted by Gasteiger charge is -2.38. The SMILES string of the molecule is CC(F)(F)Cc1cccc(C2(N)CCC2)c1. The monoisotopic (exact) mass is 225 g/mol. The van der Waals surface area contributed by atoms with E-state index in [-0.39, 0.29) is 12.0 Å². The molecule has 0 bridgehead atoms. The van der Waals surface area contributed by atoms with Gasteiger partial charge in [0.15, 0.2) is 0 Å². The Bertz CT molecular complexity index is 378. The molecular formula is C13H17F2N. The van der Waals surface area contributed by atoms with Crippen LogP contribution in [0.15, 0.2) is 24.3 Å². The highest BCUT2D eigenvalue weighted by Crippen LogP contribution is 2.39. The molecule has 1 aromatic rings. The van der Waals surface area contributed by atoms with Crippen LogP contribution in [0.4, 0.5) is 8.78 Å². The number of nitrogens with two attached hydrogens (primary N) is 1. The van der Waals surface area contributed by atoms with Crippen LogP contribution in [0.25, 0.3) is 0 Å². The Morgan fingerprint density at radius 2 is 2.06 bits per heavy atom. The van der Waals surface area contributed by atoms with E-state index < -0.39 is 5.92 Å². The minimum atomic E-state index is -2.65. The summed E-state index contributed by atoms with van der Waals surface area (Å²) in [6, 6.07) is 7.33. The summed E-state index contributed by atoms with van der Waals surface area (Å²) in [5.74, 6) is -2.65. The van der Waals surface area contributed by atoms with Gasteiger partial charge in [-0.3, -0.25) is 0 Å².